The summed E-state index contributed by atoms with van der Waals surface area (Å²) in [4.78, 5) is 12.5. The van der Waals surface area contributed by atoms with Crippen molar-refractivity contribution >= 4 is 39.3 Å². The van der Waals surface area contributed by atoms with E-state index in [0.717, 1.165) is 4.90 Å². The van der Waals surface area contributed by atoms with Crippen molar-refractivity contribution in [2.75, 3.05) is 5.32 Å². The number of benzene rings is 1. The predicted octanol–water partition coefficient (Wildman–Crippen LogP) is 3.41. The van der Waals surface area contributed by atoms with Crippen molar-refractivity contribution in [3.63, 3.8) is 0 Å². The molecule has 0 unspecified atom stereocenters. The predicted molar refractivity (Wildman–Crippen MR) is 62.7 cm³/mol. The Bertz CT molecular complexity index is 447. The Kier molecular flexibility index (Phi) is 2.55. The van der Waals surface area contributed by atoms with Crippen molar-refractivity contribution in [2.24, 2.45) is 0 Å². The summed E-state index contributed by atoms with van der Waals surface area (Å²) in [5.41, 5.74) is 0.546. The minimum atomic E-state index is -0.510. The summed E-state index contributed by atoms with van der Waals surface area (Å²) in [7, 11) is 0. The highest BCUT2D eigenvalue weighted by atomic mass is 79.9. The Morgan fingerprint density at radius 3 is 2.80 bits per heavy atom. The van der Waals surface area contributed by atoms with Crippen LogP contribution in [0.1, 0.15) is 13.8 Å². The van der Waals surface area contributed by atoms with Gasteiger partial charge in [-0.2, -0.15) is 0 Å². The largest absolute Gasteiger partial charge is 0.324 e. The summed E-state index contributed by atoms with van der Waals surface area (Å²) in [6.45, 7) is 3.68. The molecule has 80 valence electrons. The summed E-state index contributed by atoms with van der Waals surface area (Å²) in [6.07, 6.45) is 0. The lowest BCUT2D eigenvalue weighted by atomic mass is 10.1. The van der Waals surface area contributed by atoms with Crippen LogP contribution in [0.4, 0.5) is 10.1 Å². The zero-order valence-corrected chi connectivity index (χ0v) is 10.6. The number of thioether (sulfide) groups is 1. The first-order valence-electron chi connectivity index (χ1n) is 4.40. The fourth-order valence-corrected chi connectivity index (χ4v) is 2.89. The Balaban J connectivity index is 2.51. The summed E-state index contributed by atoms with van der Waals surface area (Å²) >= 11 is 4.56. The molecule has 1 aliphatic rings. The number of carbonyl (C=O) groups excluding carboxylic acids is 1. The van der Waals surface area contributed by atoms with Crippen molar-refractivity contribution in [2.45, 2.75) is 23.5 Å². The van der Waals surface area contributed by atoms with Gasteiger partial charge in [0.05, 0.1) is 14.9 Å². The van der Waals surface area contributed by atoms with E-state index in [1.807, 2.05) is 13.8 Å². The third-order valence-corrected chi connectivity index (χ3v) is 4.04. The molecule has 2 nitrogen and oxygen atoms in total. The summed E-state index contributed by atoms with van der Waals surface area (Å²) in [5.74, 6) is -0.462. The van der Waals surface area contributed by atoms with Gasteiger partial charge in [0.1, 0.15) is 5.82 Å². The van der Waals surface area contributed by atoms with Crippen molar-refractivity contribution in [3.05, 3.63) is 22.4 Å². The third kappa shape index (κ3) is 1.90. The molecule has 1 amide bonds. The molecule has 1 heterocycles. The fraction of sp³-hybridized carbons (Fsp3) is 0.300. The van der Waals surface area contributed by atoms with Gasteiger partial charge in [-0.1, -0.05) is 0 Å². The van der Waals surface area contributed by atoms with E-state index in [-0.39, 0.29) is 11.7 Å². The van der Waals surface area contributed by atoms with Gasteiger partial charge in [-0.05, 0) is 41.9 Å². The van der Waals surface area contributed by atoms with Gasteiger partial charge in [0, 0.05) is 4.90 Å². The van der Waals surface area contributed by atoms with Gasteiger partial charge in [-0.3, -0.25) is 4.79 Å². The van der Waals surface area contributed by atoms with Crippen LogP contribution in [0.15, 0.2) is 21.5 Å². The minimum Gasteiger partial charge on any atom is -0.324 e. The van der Waals surface area contributed by atoms with Crippen LogP contribution in [0.3, 0.4) is 0 Å². The molecule has 0 radical (unpaired) electrons. The van der Waals surface area contributed by atoms with Crippen LogP contribution in [0.5, 0.6) is 0 Å². The number of hydrogen-bond acceptors (Lipinski definition) is 2. The monoisotopic (exact) mass is 289 g/mol. The Morgan fingerprint density at radius 1 is 1.47 bits per heavy atom. The lowest BCUT2D eigenvalue weighted by Crippen LogP contribution is -2.37. The Labute approximate surface area is 99.8 Å². The summed E-state index contributed by atoms with van der Waals surface area (Å²) in [6, 6.07) is 3.02. The van der Waals surface area contributed by atoms with Crippen LogP contribution in [-0.4, -0.2) is 10.7 Å². The van der Waals surface area contributed by atoms with E-state index in [0.29, 0.717) is 10.2 Å². The fourth-order valence-electron chi connectivity index (χ4n) is 1.30. The number of rotatable bonds is 0. The zero-order chi connectivity index (χ0) is 11.2. The van der Waals surface area contributed by atoms with Crippen LogP contribution in [0.25, 0.3) is 0 Å². The first-order valence-corrected chi connectivity index (χ1v) is 6.00. The number of hydrogen-bond donors (Lipinski definition) is 1. The number of fused-ring (bicyclic) bond motifs is 1. The van der Waals surface area contributed by atoms with Crippen molar-refractivity contribution < 1.29 is 9.18 Å². The van der Waals surface area contributed by atoms with E-state index >= 15 is 0 Å². The number of amides is 1. The number of carbonyl (C=O) groups is 1. The Hall–Kier alpha value is -0.550. The van der Waals surface area contributed by atoms with E-state index < -0.39 is 4.75 Å². The summed E-state index contributed by atoms with van der Waals surface area (Å²) in [5, 5.41) is 2.70. The topological polar surface area (TPSA) is 29.1 Å². The first-order chi connectivity index (χ1) is 6.90. The minimum absolute atomic E-state index is 0.0956. The van der Waals surface area contributed by atoms with Crippen molar-refractivity contribution in [1.82, 2.24) is 0 Å². The molecular formula is C10H9BrFNOS. The van der Waals surface area contributed by atoms with Crippen LogP contribution in [0.2, 0.25) is 0 Å². The van der Waals surface area contributed by atoms with Gasteiger partial charge in [0.15, 0.2) is 0 Å². The first kappa shape index (κ1) is 11.0. The van der Waals surface area contributed by atoms with Gasteiger partial charge >= 0.3 is 0 Å². The molecule has 0 aromatic heterocycles. The molecule has 0 bridgehead atoms. The van der Waals surface area contributed by atoms with Gasteiger partial charge < -0.3 is 5.32 Å². The van der Waals surface area contributed by atoms with E-state index in [9.17, 15) is 9.18 Å². The van der Waals surface area contributed by atoms with Gasteiger partial charge in [0.25, 0.3) is 0 Å². The molecule has 1 aromatic rings. The second-order valence-electron chi connectivity index (χ2n) is 3.83. The third-order valence-electron chi connectivity index (χ3n) is 2.18. The smallest absolute Gasteiger partial charge is 0.240 e. The van der Waals surface area contributed by atoms with E-state index in [2.05, 4.69) is 21.2 Å². The molecule has 0 saturated heterocycles. The highest BCUT2D eigenvalue weighted by Crippen LogP contribution is 2.43. The average molecular weight is 290 g/mol. The SMILES string of the molecule is CC1(C)Sc2cc(Br)c(F)cc2NC1=O. The second kappa shape index (κ2) is 3.49. The van der Waals surface area contributed by atoms with E-state index in [4.69, 9.17) is 0 Å². The molecule has 0 saturated carbocycles. The Morgan fingerprint density at radius 2 is 2.13 bits per heavy atom. The molecule has 1 aromatic carbocycles. The van der Waals surface area contributed by atoms with Crippen LogP contribution in [0, 0.1) is 5.82 Å². The molecule has 0 fully saturated rings. The van der Waals surface area contributed by atoms with Crippen LogP contribution in [-0.2, 0) is 4.79 Å². The maximum absolute atomic E-state index is 13.2. The molecule has 5 heteroatoms. The molecule has 1 aliphatic heterocycles. The highest BCUT2D eigenvalue weighted by Gasteiger charge is 2.34. The molecule has 15 heavy (non-hydrogen) atoms. The molecule has 0 aliphatic carbocycles. The molecule has 1 N–H and O–H groups in total. The normalized spacial score (nSPS) is 18.3. The van der Waals surface area contributed by atoms with Gasteiger partial charge in [0.2, 0.25) is 5.91 Å². The number of anilines is 1. The molecule has 0 spiro atoms. The number of halogens is 2. The van der Waals surface area contributed by atoms with Gasteiger partial charge in [-0.25, -0.2) is 4.39 Å². The highest BCUT2D eigenvalue weighted by molar-refractivity contribution is 9.10. The maximum atomic E-state index is 13.2. The second-order valence-corrected chi connectivity index (χ2v) is 6.35. The van der Waals surface area contributed by atoms with Crippen molar-refractivity contribution in [1.29, 1.82) is 0 Å². The molecule has 0 atom stereocenters. The maximum Gasteiger partial charge on any atom is 0.240 e. The average Bonchev–Trinajstić information content (AvgIpc) is 2.11. The number of nitrogens with one attached hydrogen (secondary N) is 1. The zero-order valence-electron chi connectivity index (χ0n) is 8.23. The van der Waals surface area contributed by atoms with E-state index in [1.165, 1.54) is 17.8 Å². The quantitative estimate of drug-likeness (QED) is 0.793. The van der Waals surface area contributed by atoms with Gasteiger partial charge in [-0.15, -0.1) is 11.8 Å². The van der Waals surface area contributed by atoms with Crippen LogP contribution < -0.4 is 5.32 Å². The van der Waals surface area contributed by atoms with Crippen molar-refractivity contribution in [3.8, 4) is 0 Å². The van der Waals surface area contributed by atoms with E-state index in [1.54, 1.807) is 6.07 Å². The lowest BCUT2D eigenvalue weighted by molar-refractivity contribution is -0.117. The molecular weight excluding hydrogens is 281 g/mol. The molecule has 2 rings (SSSR count). The summed E-state index contributed by atoms with van der Waals surface area (Å²) < 4.78 is 13.1. The lowest BCUT2D eigenvalue weighted by Gasteiger charge is -2.29. The standard InChI is InChI=1S/C10H9BrFNOS/c1-10(2)9(14)13-7-4-6(12)5(11)3-8(7)15-10/h3-4H,1-2H3,(H,13,14). The van der Waals surface area contributed by atoms with Crippen LogP contribution >= 0.6 is 27.7 Å².